The van der Waals surface area contributed by atoms with Crippen molar-refractivity contribution in [1.82, 2.24) is 14.6 Å². The second-order valence-electron chi connectivity index (χ2n) is 5.02. The lowest BCUT2D eigenvalue weighted by Crippen LogP contribution is -2.15. The molecule has 2 aromatic rings. The van der Waals surface area contributed by atoms with Crippen molar-refractivity contribution in [3.8, 4) is 0 Å². The number of carbonyl (C=O) groups is 1. The van der Waals surface area contributed by atoms with E-state index in [-0.39, 0.29) is 18.8 Å². The summed E-state index contributed by atoms with van der Waals surface area (Å²) in [5, 5.41) is 4.23. The Bertz CT molecular complexity index is 632. The highest BCUT2D eigenvalue weighted by molar-refractivity contribution is 6.12. The third-order valence-corrected chi connectivity index (χ3v) is 3.64. The highest BCUT2D eigenvalue weighted by atomic mass is 16.6. The molecule has 20 heavy (non-hydrogen) atoms. The number of nitrogens with zero attached hydrogens (tertiary/aromatic N) is 3. The third-order valence-electron chi connectivity index (χ3n) is 3.64. The first-order chi connectivity index (χ1) is 9.70. The maximum Gasteiger partial charge on any atom is 0.293 e. The molecule has 8 heteroatoms. The summed E-state index contributed by atoms with van der Waals surface area (Å²) < 4.78 is 12.5. The first kappa shape index (κ1) is 12.9. The maximum absolute atomic E-state index is 10.3. The van der Waals surface area contributed by atoms with Crippen molar-refractivity contribution in [3.63, 3.8) is 0 Å². The molecule has 1 aliphatic heterocycles. The van der Waals surface area contributed by atoms with Crippen LogP contribution in [-0.2, 0) is 14.3 Å². The normalized spacial score (nSPS) is 25.9. The van der Waals surface area contributed by atoms with E-state index in [1.54, 1.807) is 4.52 Å². The summed E-state index contributed by atoms with van der Waals surface area (Å²) in [6.45, 7) is 0.729. The molecule has 3 rings (SSSR count). The van der Waals surface area contributed by atoms with E-state index in [9.17, 15) is 4.79 Å². The van der Waals surface area contributed by atoms with Crippen molar-refractivity contribution in [3.05, 3.63) is 24.2 Å². The average molecular weight is 274 g/mol. The molecular formula is C12H15BN4O3. The van der Waals surface area contributed by atoms with Gasteiger partial charge in [-0.2, -0.15) is 5.10 Å². The number of aromatic nitrogens is 3. The molecule has 0 amide bonds. The maximum atomic E-state index is 10.3. The molecule has 0 aliphatic carbocycles. The van der Waals surface area contributed by atoms with Gasteiger partial charge in [0.05, 0.1) is 17.9 Å². The van der Waals surface area contributed by atoms with E-state index in [2.05, 4.69) is 17.9 Å². The highest BCUT2D eigenvalue weighted by Crippen LogP contribution is 2.40. The van der Waals surface area contributed by atoms with Gasteiger partial charge < -0.3 is 15.2 Å². The van der Waals surface area contributed by atoms with E-state index in [0.717, 1.165) is 17.6 Å². The van der Waals surface area contributed by atoms with Crippen molar-refractivity contribution in [2.24, 2.45) is 0 Å². The second kappa shape index (κ2) is 5.12. The summed E-state index contributed by atoms with van der Waals surface area (Å²) in [6.07, 6.45) is 2.10. The van der Waals surface area contributed by atoms with E-state index in [1.165, 1.54) is 6.33 Å². The Morgan fingerprint density at radius 2 is 2.45 bits per heavy atom. The number of rotatable bonds is 4. The van der Waals surface area contributed by atoms with Gasteiger partial charge in [-0.1, -0.05) is 0 Å². The van der Waals surface area contributed by atoms with Gasteiger partial charge in [0.2, 0.25) is 0 Å². The first-order valence-corrected chi connectivity index (χ1v) is 6.49. The van der Waals surface area contributed by atoms with E-state index in [1.807, 2.05) is 12.1 Å². The Morgan fingerprint density at radius 1 is 1.60 bits per heavy atom. The van der Waals surface area contributed by atoms with Crippen molar-refractivity contribution in [2.75, 3.05) is 12.3 Å². The molecule has 0 aromatic carbocycles. The zero-order valence-electron chi connectivity index (χ0n) is 11.1. The van der Waals surface area contributed by atoms with Crippen LogP contribution in [0.3, 0.4) is 0 Å². The van der Waals surface area contributed by atoms with Crippen LogP contribution in [0.2, 0.25) is 5.82 Å². The summed E-state index contributed by atoms with van der Waals surface area (Å²) >= 11 is 0. The third kappa shape index (κ3) is 2.11. The lowest BCUT2D eigenvalue weighted by molar-refractivity contribution is -0.132. The summed E-state index contributed by atoms with van der Waals surface area (Å²) in [7, 11) is 2.11. The lowest BCUT2D eigenvalue weighted by Gasteiger charge is -2.15. The molecule has 104 valence electrons. The van der Waals surface area contributed by atoms with Crippen LogP contribution in [0.15, 0.2) is 18.5 Å². The number of hydrogen-bond acceptors (Lipinski definition) is 6. The van der Waals surface area contributed by atoms with Crippen LogP contribution < -0.4 is 5.73 Å². The highest BCUT2D eigenvalue weighted by Gasteiger charge is 2.35. The number of carbonyl (C=O) groups excluding carboxylic acids is 1. The Hall–Kier alpha value is -2.09. The number of hydrogen-bond donors (Lipinski definition) is 1. The van der Waals surface area contributed by atoms with Crippen molar-refractivity contribution >= 4 is 25.7 Å². The fourth-order valence-corrected chi connectivity index (χ4v) is 2.74. The number of nitrogen functional groups attached to an aromatic ring is 1. The summed E-state index contributed by atoms with van der Waals surface area (Å²) in [5.74, 6) is 0.752. The Labute approximate surface area is 116 Å². The lowest BCUT2D eigenvalue weighted by atomic mass is 9.79. The average Bonchev–Trinajstić information content (AvgIpc) is 3.01. The van der Waals surface area contributed by atoms with Gasteiger partial charge in [0.25, 0.3) is 6.47 Å². The SMILES string of the molecule is BC1CC(COC=O)OC1c1ccc2c(N)ncnn12. The molecule has 7 nitrogen and oxygen atoms in total. The van der Waals surface area contributed by atoms with Crippen molar-refractivity contribution < 1.29 is 14.3 Å². The van der Waals surface area contributed by atoms with Gasteiger partial charge in [-0.05, 0) is 24.4 Å². The fourth-order valence-electron chi connectivity index (χ4n) is 2.74. The van der Waals surface area contributed by atoms with E-state index >= 15 is 0 Å². The zero-order chi connectivity index (χ0) is 14.1. The molecule has 1 fully saturated rings. The van der Waals surface area contributed by atoms with Gasteiger partial charge in [0.15, 0.2) is 5.82 Å². The number of ether oxygens (including phenoxy) is 2. The van der Waals surface area contributed by atoms with Crippen molar-refractivity contribution in [2.45, 2.75) is 24.4 Å². The standard InChI is InChI=1S/C12H15BN4O3/c13-8-3-7(4-19-6-18)20-11(8)9-1-2-10-12(14)15-5-16-17(9)10/h1-2,5-8,11H,3-4,13H2,(H2,14,15,16). The number of anilines is 1. The Balaban J connectivity index is 1.88. The molecule has 0 spiro atoms. The minimum atomic E-state index is -0.0907. The number of nitrogens with two attached hydrogens (primary N) is 1. The molecule has 0 bridgehead atoms. The van der Waals surface area contributed by atoms with Gasteiger partial charge in [-0.3, -0.25) is 4.79 Å². The minimum Gasteiger partial charge on any atom is -0.465 e. The van der Waals surface area contributed by atoms with Gasteiger partial charge in [-0.15, -0.1) is 0 Å². The van der Waals surface area contributed by atoms with Crippen LogP contribution in [0.25, 0.3) is 5.52 Å². The Kier molecular flexibility index (Phi) is 3.31. The molecule has 3 atom stereocenters. The molecule has 2 N–H and O–H groups in total. The predicted octanol–water partition coefficient (Wildman–Crippen LogP) is -0.264. The van der Waals surface area contributed by atoms with Crippen LogP contribution in [0.5, 0.6) is 0 Å². The van der Waals surface area contributed by atoms with E-state index in [0.29, 0.717) is 18.1 Å². The van der Waals surface area contributed by atoms with Gasteiger partial charge in [0.1, 0.15) is 26.3 Å². The summed E-state index contributed by atoms with van der Waals surface area (Å²) in [6, 6.07) is 3.83. The second-order valence-corrected chi connectivity index (χ2v) is 5.02. The molecule has 1 aliphatic rings. The quantitative estimate of drug-likeness (QED) is 0.610. The molecule has 0 saturated carbocycles. The number of fused-ring (bicyclic) bond motifs is 1. The van der Waals surface area contributed by atoms with Gasteiger partial charge >= 0.3 is 0 Å². The molecule has 3 heterocycles. The molecule has 1 saturated heterocycles. The minimum absolute atomic E-state index is 0.0788. The first-order valence-electron chi connectivity index (χ1n) is 6.49. The van der Waals surface area contributed by atoms with Crippen LogP contribution in [0, 0.1) is 0 Å². The fraction of sp³-hybridized carbons (Fsp3) is 0.417. The van der Waals surface area contributed by atoms with Crippen LogP contribution in [-0.4, -0.2) is 41.6 Å². The zero-order valence-corrected chi connectivity index (χ0v) is 11.1. The molecule has 2 aromatic heterocycles. The molecule has 0 radical (unpaired) electrons. The van der Waals surface area contributed by atoms with Crippen LogP contribution >= 0.6 is 0 Å². The van der Waals surface area contributed by atoms with E-state index in [4.69, 9.17) is 15.2 Å². The molecule has 3 unspecified atom stereocenters. The van der Waals surface area contributed by atoms with Gasteiger partial charge in [-0.25, -0.2) is 9.50 Å². The topological polar surface area (TPSA) is 91.7 Å². The summed E-state index contributed by atoms with van der Waals surface area (Å²) in [5.41, 5.74) is 7.53. The smallest absolute Gasteiger partial charge is 0.293 e. The monoisotopic (exact) mass is 274 g/mol. The van der Waals surface area contributed by atoms with Crippen LogP contribution in [0.4, 0.5) is 5.82 Å². The van der Waals surface area contributed by atoms with E-state index < -0.39 is 0 Å². The molecular weight excluding hydrogens is 259 g/mol. The van der Waals surface area contributed by atoms with Gasteiger partial charge in [0, 0.05) is 0 Å². The van der Waals surface area contributed by atoms with Crippen molar-refractivity contribution in [1.29, 1.82) is 0 Å². The largest absolute Gasteiger partial charge is 0.465 e. The van der Waals surface area contributed by atoms with Crippen LogP contribution in [0.1, 0.15) is 18.2 Å². The predicted molar refractivity (Wildman–Crippen MR) is 73.9 cm³/mol. The Morgan fingerprint density at radius 3 is 3.25 bits per heavy atom. The summed E-state index contributed by atoms with van der Waals surface area (Å²) in [4.78, 5) is 14.2.